The molecule has 1 aromatic heterocycles. The quantitative estimate of drug-likeness (QED) is 0.473. The fraction of sp³-hybridized carbons (Fsp3) is 0.125. The van der Waals surface area contributed by atoms with Crippen LogP contribution in [0.5, 0.6) is 0 Å². The maximum absolute atomic E-state index is 13.4. The average Bonchev–Trinajstić information content (AvgIpc) is 2.71. The van der Waals surface area contributed by atoms with E-state index in [-0.39, 0.29) is 5.56 Å². The number of hydrogen-bond donors (Lipinski definition) is 0. The van der Waals surface area contributed by atoms with Crippen LogP contribution in [0.3, 0.4) is 0 Å². The number of aromatic nitrogens is 1. The molecule has 4 aromatic rings. The predicted octanol–water partition coefficient (Wildman–Crippen LogP) is 5.61. The molecule has 0 aliphatic rings. The zero-order valence-corrected chi connectivity index (χ0v) is 14.9. The van der Waals surface area contributed by atoms with Crippen molar-refractivity contribution in [3.63, 3.8) is 0 Å². The van der Waals surface area contributed by atoms with Gasteiger partial charge >= 0.3 is 0 Å². The minimum atomic E-state index is 0.0329. The Bertz CT molecular complexity index is 1100. The molecule has 0 bridgehead atoms. The zero-order valence-electron chi connectivity index (χ0n) is 14.9. The van der Waals surface area contributed by atoms with E-state index in [4.69, 9.17) is 0 Å². The first-order chi connectivity index (χ1) is 12.8. The summed E-state index contributed by atoms with van der Waals surface area (Å²) < 4.78 is 1.88. The van der Waals surface area contributed by atoms with Crippen LogP contribution in [0.1, 0.15) is 18.9 Å². The van der Waals surface area contributed by atoms with E-state index in [0.717, 1.165) is 40.6 Å². The molecule has 128 valence electrons. The molecule has 0 unspecified atom stereocenters. The van der Waals surface area contributed by atoms with E-state index in [1.807, 2.05) is 71.3 Å². The van der Waals surface area contributed by atoms with Crippen molar-refractivity contribution in [2.75, 3.05) is 0 Å². The van der Waals surface area contributed by atoms with Crippen molar-refractivity contribution in [1.29, 1.82) is 0 Å². The number of para-hydroxylation sites is 1. The SMILES string of the molecule is CCCc1c(-c2ccccc2)n(-c2ccccc2)c(=O)c2ccccc12. The van der Waals surface area contributed by atoms with Gasteiger partial charge in [-0.3, -0.25) is 9.36 Å². The number of aryl methyl sites for hydroxylation is 1. The monoisotopic (exact) mass is 339 g/mol. The van der Waals surface area contributed by atoms with E-state index < -0.39 is 0 Å². The van der Waals surface area contributed by atoms with Gasteiger partial charge in [-0.25, -0.2) is 0 Å². The number of nitrogens with zero attached hydrogens (tertiary/aromatic N) is 1. The molecule has 4 rings (SSSR count). The van der Waals surface area contributed by atoms with Crippen LogP contribution in [0.15, 0.2) is 89.7 Å². The van der Waals surface area contributed by atoms with Gasteiger partial charge in [0.15, 0.2) is 0 Å². The van der Waals surface area contributed by atoms with Gasteiger partial charge in [-0.1, -0.05) is 80.1 Å². The summed E-state index contributed by atoms with van der Waals surface area (Å²) in [5.41, 5.74) is 4.24. The molecular formula is C24H21NO. The third-order valence-electron chi connectivity index (χ3n) is 4.76. The molecule has 3 aromatic carbocycles. The lowest BCUT2D eigenvalue weighted by Gasteiger charge is -2.20. The van der Waals surface area contributed by atoms with Crippen molar-refractivity contribution in [2.45, 2.75) is 19.8 Å². The molecule has 0 spiro atoms. The van der Waals surface area contributed by atoms with Gasteiger partial charge in [-0.05, 0) is 41.1 Å². The number of pyridine rings is 1. The van der Waals surface area contributed by atoms with Crippen molar-refractivity contribution in [3.05, 3.63) is 101 Å². The van der Waals surface area contributed by atoms with Crippen molar-refractivity contribution in [2.24, 2.45) is 0 Å². The van der Waals surface area contributed by atoms with Crippen LogP contribution >= 0.6 is 0 Å². The minimum absolute atomic E-state index is 0.0329. The Morgan fingerprint density at radius 2 is 1.31 bits per heavy atom. The molecule has 0 fully saturated rings. The zero-order chi connectivity index (χ0) is 17.9. The summed E-state index contributed by atoms with van der Waals surface area (Å²) in [6.45, 7) is 2.18. The van der Waals surface area contributed by atoms with E-state index in [9.17, 15) is 4.79 Å². The van der Waals surface area contributed by atoms with Crippen molar-refractivity contribution in [1.82, 2.24) is 4.57 Å². The summed E-state index contributed by atoms with van der Waals surface area (Å²) in [4.78, 5) is 13.4. The fourth-order valence-corrected chi connectivity index (χ4v) is 3.64. The third kappa shape index (κ3) is 2.74. The topological polar surface area (TPSA) is 22.0 Å². The van der Waals surface area contributed by atoms with Crippen LogP contribution in [-0.4, -0.2) is 4.57 Å². The molecule has 0 saturated heterocycles. The fourth-order valence-electron chi connectivity index (χ4n) is 3.64. The van der Waals surface area contributed by atoms with Crippen LogP contribution in [0.4, 0.5) is 0 Å². The Balaban J connectivity index is 2.21. The van der Waals surface area contributed by atoms with Crippen LogP contribution < -0.4 is 5.56 Å². The van der Waals surface area contributed by atoms with Crippen LogP contribution in [0.25, 0.3) is 27.7 Å². The van der Waals surface area contributed by atoms with E-state index in [2.05, 4.69) is 25.1 Å². The standard InChI is InChI=1S/C24H21NO/c1-2-11-21-20-16-9-10-17-22(20)24(26)25(19-14-7-4-8-15-19)23(21)18-12-5-3-6-13-18/h3-10,12-17H,2,11H2,1H3. The molecule has 0 saturated carbocycles. The van der Waals surface area contributed by atoms with Crippen LogP contribution in [0.2, 0.25) is 0 Å². The molecule has 0 atom stereocenters. The van der Waals surface area contributed by atoms with E-state index in [1.165, 1.54) is 5.56 Å². The minimum Gasteiger partial charge on any atom is -0.276 e. The molecule has 0 radical (unpaired) electrons. The maximum atomic E-state index is 13.4. The lowest BCUT2D eigenvalue weighted by Crippen LogP contribution is -2.22. The van der Waals surface area contributed by atoms with Gasteiger partial charge in [-0.15, -0.1) is 0 Å². The first kappa shape index (κ1) is 16.3. The number of benzene rings is 3. The third-order valence-corrected chi connectivity index (χ3v) is 4.76. The number of fused-ring (bicyclic) bond motifs is 1. The molecule has 0 N–H and O–H groups in total. The number of rotatable bonds is 4. The molecule has 0 aliphatic carbocycles. The van der Waals surface area contributed by atoms with Gasteiger partial charge in [-0.2, -0.15) is 0 Å². The summed E-state index contributed by atoms with van der Waals surface area (Å²) >= 11 is 0. The highest BCUT2D eigenvalue weighted by atomic mass is 16.1. The molecule has 0 aliphatic heterocycles. The smallest absolute Gasteiger partial charge is 0.263 e. The maximum Gasteiger partial charge on any atom is 0.263 e. The average molecular weight is 339 g/mol. The molecule has 2 nitrogen and oxygen atoms in total. The Kier molecular flexibility index (Phi) is 4.40. The second kappa shape index (κ2) is 7.01. The van der Waals surface area contributed by atoms with Crippen LogP contribution in [0, 0.1) is 0 Å². The Morgan fingerprint density at radius 3 is 1.96 bits per heavy atom. The largest absolute Gasteiger partial charge is 0.276 e. The van der Waals surface area contributed by atoms with Gasteiger partial charge in [0, 0.05) is 11.1 Å². The summed E-state index contributed by atoms with van der Waals surface area (Å²) in [6, 6.07) is 28.1. The Hall–Kier alpha value is -3.13. The molecule has 1 heterocycles. The second-order valence-electron chi connectivity index (χ2n) is 6.46. The second-order valence-corrected chi connectivity index (χ2v) is 6.46. The highest BCUT2D eigenvalue weighted by molar-refractivity contribution is 5.90. The lowest BCUT2D eigenvalue weighted by molar-refractivity contribution is 0.903. The summed E-state index contributed by atoms with van der Waals surface area (Å²) in [7, 11) is 0. The van der Waals surface area contributed by atoms with Gasteiger partial charge in [0.1, 0.15) is 0 Å². The molecule has 2 heteroatoms. The highest BCUT2D eigenvalue weighted by Gasteiger charge is 2.18. The Labute approximate surface area is 153 Å². The van der Waals surface area contributed by atoms with Gasteiger partial charge in [0.2, 0.25) is 0 Å². The van der Waals surface area contributed by atoms with E-state index in [1.54, 1.807) is 0 Å². The van der Waals surface area contributed by atoms with E-state index in [0.29, 0.717) is 0 Å². The molecule has 26 heavy (non-hydrogen) atoms. The normalized spacial score (nSPS) is 11.0. The van der Waals surface area contributed by atoms with Crippen molar-refractivity contribution >= 4 is 10.8 Å². The lowest BCUT2D eigenvalue weighted by atomic mass is 9.95. The highest BCUT2D eigenvalue weighted by Crippen LogP contribution is 2.31. The van der Waals surface area contributed by atoms with Gasteiger partial charge in [0.25, 0.3) is 5.56 Å². The summed E-state index contributed by atoms with van der Waals surface area (Å²) in [5, 5.41) is 1.84. The first-order valence-corrected chi connectivity index (χ1v) is 9.08. The van der Waals surface area contributed by atoms with Crippen LogP contribution in [-0.2, 0) is 6.42 Å². The molecular weight excluding hydrogens is 318 g/mol. The van der Waals surface area contributed by atoms with Crippen molar-refractivity contribution in [3.8, 4) is 16.9 Å². The first-order valence-electron chi connectivity index (χ1n) is 9.08. The predicted molar refractivity (Wildman–Crippen MR) is 109 cm³/mol. The number of hydrogen-bond acceptors (Lipinski definition) is 1. The van der Waals surface area contributed by atoms with Gasteiger partial charge < -0.3 is 0 Å². The summed E-state index contributed by atoms with van der Waals surface area (Å²) in [5.74, 6) is 0. The molecule has 0 amide bonds. The van der Waals surface area contributed by atoms with Gasteiger partial charge in [0.05, 0.1) is 5.69 Å². The van der Waals surface area contributed by atoms with Crippen molar-refractivity contribution < 1.29 is 0 Å². The van der Waals surface area contributed by atoms with E-state index >= 15 is 0 Å². The summed E-state index contributed by atoms with van der Waals surface area (Å²) in [6.07, 6.45) is 1.95. The Morgan fingerprint density at radius 1 is 0.731 bits per heavy atom.